The van der Waals surface area contributed by atoms with Gasteiger partial charge < -0.3 is 19.7 Å². The van der Waals surface area contributed by atoms with E-state index < -0.39 is 30.2 Å². The molecule has 1 aliphatic heterocycles. The van der Waals surface area contributed by atoms with E-state index in [9.17, 15) is 18.0 Å². The molecule has 0 atom stereocenters. The van der Waals surface area contributed by atoms with Crippen LogP contribution in [0.2, 0.25) is 5.02 Å². The number of aryl methyl sites for hydroxylation is 1. The first kappa shape index (κ1) is 22.2. The fourth-order valence-corrected chi connectivity index (χ4v) is 3.02. The Kier molecular flexibility index (Phi) is 6.21. The zero-order valence-corrected chi connectivity index (χ0v) is 17.0. The number of hydrogen-bond acceptors (Lipinski definition) is 7. The van der Waals surface area contributed by atoms with Crippen LogP contribution in [0.1, 0.15) is 17.0 Å². The highest BCUT2D eigenvalue weighted by molar-refractivity contribution is 6.30. The summed E-state index contributed by atoms with van der Waals surface area (Å²) in [6.45, 7) is 1.08. The van der Waals surface area contributed by atoms with E-state index >= 15 is 0 Å². The van der Waals surface area contributed by atoms with Crippen LogP contribution in [-0.2, 0) is 11.3 Å². The van der Waals surface area contributed by atoms with Gasteiger partial charge in [-0.3, -0.25) is 4.79 Å². The minimum absolute atomic E-state index is 0.0614. The molecule has 8 nitrogen and oxygen atoms in total. The summed E-state index contributed by atoms with van der Waals surface area (Å²) in [4.78, 5) is 22.1. The van der Waals surface area contributed by atoms with Crippen molar-refractivity contribution in [1.29, 1.82) is 5.26 Å². The highest BCUT2D eigenvalue weighted by Gasteiger charge is 2.44. The highest BCUT2D eigenvalue weighted by atomic mass is 35.5. The number of aromatic nitrogens is 2. The lowest BCUT2D eigenvalue weighted by Gasteiger charge is -2.32. The largest absolute Gasteiger partial charge is 0.481 e. The number of carbonyl (C=O) groups is 1. The molecule has 1 aromatic carbocycles. The minimum Gasteiger partial charge on any atom is -0.481 e. The summed E-state index contributed by atoms with van der Waals surface area (Å²) in [5, 5.41) is 11.3. The number of alkyl halides is 3. The van der Waals surface area contributed by atoms with E-state index in [1.54, 1.807) is 6.92 Å². The Morgan fingerprint density at radius 2 is 2.10 bits per heavy atom. The third-order valence-electron chi connectivity index (χ3n) is 4.16. The van der Waals surface area contributed by atoms with Crippen molar-refractivity contribution in [2.75, 3.05) is 13.8 Å². The summed E-state index contributed by atoms with van der Waals surface area (Å²) in [6, 6.07) is 5.50. The van der Waals surface area contributed by atoms with Gasteiger partial charge in [-0.25, -0.2) is 4.98 Å². The Morgan fingerprint density at radius 1 is 1.35 bits per heavy atom. The molecule has 0 radical (unpaired) electrons. The van der Waals surface area contributed by atoms with Crippen molar-refractivity contribution in [3.8, 4) is 17.7 Å². The third kappa shape index (κ3) is 4.97. The van der Waals surface area contributed by atoms with Gasteiger partial charge in [0.05, 0.1) is 37.5 Å². The zero-order chi connectivity index (χ0) is 22.8. The van der Waals surface area contributed by atoms with Crippen LogP contribution in [-0.4, -0.2) is 40.7 Å². The van der Waals surface area contributed by atoms with Crippen molar-refractivity contribution in [3.05, 3.63) is 57.8 Å². The van der Waals surface area contributed by atoms with E-state index in [-0.39, 0.29) is 28.8 Å². The second-order valence-electron chi connectivity index (χ2n) is 6.38. The molecule has 0 bridgehead atoms. The first-order chi connectivity index (χ1) is 14.6. The molecule has 31 heavy (non-hydrogen) atoms. The van der Waals surface area contributed by atoms with Crippen molar-refractivity contribution in [2.24, 2.45) is 0 Å². The molecule has 0 saturated heterocycles. The van der Waals surface area contributed by atoms with Crippen molar-refractivity contribution in [3.63, 3.8) is 0 Å². The van der Waals surface area contributed by atoms with Crippen molar-refractivity contribution >= 4 is 17.5 Å². The van der Waals surface area contributed by atoms with Crippen molar-refractivity contribution in [2.45, 2.75) is 19.6 Å². The maximum atomic E-state index is 13.5. The molecule has 1 N–H and O–H groups in total. The second kappa shape index (κ2) is 8.69. The molecular formula is C19H15ClF3N5O3. The Labute approximate surface area is 179 Å². The highest BCUT2D eigenvalue weighted by Crippen LogP contribution is 2.32. The average Bonchev–Trinajstić information content (AvgIpc) is 2.70. The fourth-order valence-electron chi connectivity index (χ4n) is 2.80. The standard InChI is InChI=1S/C19H15ClF3N5O3/c1-10-25-7-12(17(27-10)30-2)8-28-9-26-16(19(21,22)23)15(18(28)29)31-14-4-11(6-24)3-13(20)5-14/h3-5,7,26H,8-9H2,1-2H3. The lowest BCUT2D eigenvalue weighted by Crippen LogP contribution is -2.49. The quantitative estimate of drug-likeness (QED) is 0.742. The summed E-state index contributed by atoms with van der Waals surface area (Å²) in [6.07, 6.45) is -3.45. The maximum Gasteiger partial charge on any atom is 0.434 e. The normalized spacial score (nSPS) is 14.2. The number of carbonyl (C=O) groups excluding carboxylic acids is 1. The topological polar surface area (TPSA) is 100 Å². The number of amides is 1. The Balaban J connectivity index is 1.96. The summed E-state index contributed by atoms with van der Waals surface area (Å²) >= 11 is 5.88. The number of ether oxygens (including phenoxy) is 2. The number of nitriles is 1. The predicted molar refractivity (Wildman–Crippen MR) is 102 cm³/mol. The van der Waals surface area contributed by atoms with Crippen LogP contribution in [0, 0.1) is 18.3 Å². The van der Waals surface area contributed by atoms with Crippen LogP contribution in [0.5, 0.6) is 11.6 Å². The van der Waals surface area contributed by atoms with E-state index in [0.29, 0.717) is 11.4 Å². The molecular weight excluding hydrogens is 439 g/mol. The van der Waals surface area contributed by atoms with Gasteiger partial charge in [0.15, 0.2) is 5.70 Å². The number of rotatable bonds is 5. The predicted octanol–water partition coefficient (Wildman–Crippen LogP) is 3.06. The molecule has 0 saturated carbocycles. The number of allylic oxidation sites excluding steroid dienone is 1. The molecule has 12 heteroatoms. The molecule has 2 heterocycles. The summed E-state index contributed by atoms with van der Waals surface area (Å²) < 4.78 is 51.0. The molecule has 0 aliphatic carbocycles. The zero-order valence-electron chi connectivity index (χ0n) is 16.2. The second-order valence-corrected chi connectivity index (χ2v) is 6.82. The van der Waals surface area contributed by atoms with Gasteiger partial charge in [0.2, 0.25) is 11.6 Å². The van der Waals surface area contributed by atoms with E-state index in [4.69, 9.17) is 26.3 Å². The van der Waals surface area contributed by atoms with Crippen LogP contribution >= 0.6 is 11.6 Å². The third-order valence-corrected chi connectivity index (χ3v) is 4.38. The molecule has 0 unspecified atom stereocenters. The van der Waals surface area contributed by atoms with Gasteiger partial charge in [0, 0.05) is 11.2 Å². The smallest absolute Gasteiger partial charge is 0.434 e. The van der Waals surface area contributed by atoms with Crippen molar-refractivity contribution < 1.29 is 27.4 Å². The van der Waals surface area contributed by atoms with Gasteiger partial charge in [-0.05, 0) is 25.1 Å². The maximum absolute atomic E-state index is 13.5. The van der Waals surface area contributed by atoms with Gasteiger partial charge in [-0.15, -0.1) is 0 Å². The van der Waals surface area contributed by atoms with Gasteiger partial charge in [-0.2, -0.15) is 23.4 Å². The van der Waals surface area contributed by atoms with Gasteiger partial charge in [-0.1, -0.05) is 11.6 Å². The van der Waals surface area contributed by atoms with E-state index in [1.165, 1.54) is 31.5 Å². The molecule has 162 valence electrons. The first-order valence-electron chi connectivity index (χ1n) is 8.72. The first-order valence-corrected chi connectivity index (χ1v) is 9.10. The number of halogens is 4. The Bertz CT molecular complexity index is 1100. The SMILES string of the molecule is COc1nc(C)ncc1CN1CNC(C(F)(F)F)=C(Oc2cc(Cl)cc(C#N)c2)C1=O. The van der Waals surface area contributed by atoms with Gasteiger partial charge in [0.1, 0.15) is 11.6 Å². The van der Waals surface area contributed by atoms with E-state index in [2.05, 4.69) is 15.3 Å². The monoisotopic (exact) mass is 453 g/mol. The molecule has 0 spiro atoms. The van der Waals surface area contributed by atoms with Crippen LogP contribution in [0.4, 0.5) is 13.2 Å². The molecule has 3 rings (SSSR count). The number of nitrogens with one attached hydrogen (secondary N) is 1. The summed E-state index contributed by atoms with van der Waals surface area (Å²) in [5.41, 5.74) is -0.877. The molecule has 1 aliphatic rings. The summed E-state index contributed by atoms with van der Waals surface area (Å²) in [5.74, 6) is -1.55. The molecule has 0 fully saturated rings. The van der Waals surface area contributed by atoms with E-state index in [0.717, 1.165) is 4.90 Å². The van der Waals surface area contributed by atoms with Crippen LogP contribution in [0.25, 0.3) is 0 Å². The molecule has 1 aromatic heterocycles. The number of benzene rings is 1. The van der Waals surface area contributed by atoms with Gasteiger partial charge in [0.25, 0.3) is 5.91 Å². The van der Waals surface area contributed by atoms with Crippen LogP contribution in [0.3, 0.4) is 0 Å². The van der Waals surface area contributed by atoms with Crippen LogP contribution < -0.4 is 14.8 Å². The number of methoxy groups -OCH3 is 1. The summed E-state index contributed by atoms with van der Waals surface area (Å²) in [7, 11) is 1.38. The van der Waals surface area contributed by atoms with Crippen molar-refractivity contribution in [1.82, 2.24) is 20.2 Å². The van der Waals surface area contributed by atoms with Crippen LogP contribution in [0.15, 0.2) is 35.9 Å². The van der Waals surface area contributed by atoms with E-state index in [1.807, 2.05) is 6.07 Å². The number of hydrogen-bond donors (Lipinski definition) is 1. The number of nitrogens with zero attached hydrogens (tertiary/aromatic N) is 4. The lowest BCUT2D eigenvalue weighted by molar-refractivity contribution is -0.137. The lowest BCUT2D eigenvalue weighted by atomic mass is 10.2. The Morgan fingerprint density at radius 3 is 2.74 bits per heavy atom. The van der Waals surface area contributed by atoms with Gasteiger partial charge >= 0.3 is 6.18 Å². The fraction of sp³-hybridized carbons (Fsp3) is 0.263. The minimum atomic E-state index is -4.88. The molecule has 1 amide bonds. The average molecular weight is 454 g/mol. The Hall–Kier alpha value is -3.52. The molecule has 2 aromatic rings.